The minimum absolute atomic E-state index is 0.488. The SMILES string of the molecule is CCCCCCC(C)Nc1nnc(Br)s1. The molecule has 5 heteroatoms. The quantitative estimate of drug-likeness (QED) is 0.770. The Kier molecular flexibility index (Phi) is 6.17. The van der Waals surface area contributed by atoms with Gasteiger partial charge in [-0.1, -0.05) is 43.9 Å². The standard InChI is InChI=1S/C10H18BrN3S/c1-3-4-5-6-7-8(2)12-10-14-13-9(11)15-10/h8H,3-7H2,1-2H3,(H,12,14). The first-order valence-corrected chi connectivity index (χ1v) is 7.09. The van der Waals surface area contributed by atoms with Crippen LogP contribution in [0.4, 0.5) is 5.13 Å². The third-order valence-electron chi connectivity index (χ3n) is 2.26. The fraction of sp³-hybridized carbons (Fsp3) is 0.800. The summed E-state index contributed by atoms with van der Waals surface area (Å²) in [6.45, 7) is 4.43. The van der Waals surface area contributed by atoms with Crippen molar-refractivity contribution in [3.63, 3.8) is 0 Å². The molecule has 0 fully saturated rings. The molecule has 0 saturated heterocycles. The number of rotatable bonds is 7. The van der Waals surface area contributed by atoms with Crippen molar-refractivity contribution in [2.24, 2.45) is 0 Å². The Morgan fingerprint density at radius 2 is 2.13 bits per heavy atom. The highest BCUT2D eigenvalue weighted by Gasteiger charge is 2.05. The Hall–Kier alpha value is -0.160. The van der Waals surface area contributed by atoms with Gasteiger partial charge in [0.15, 0.2) is 3.92 Å². The van der Waals surface area contributed by atoms with Gasteiger partial charge >= 0.3 is 0 Å². The van der Waals surface area contributed by atoms with Crippen LogP contribution >= 0.6 is 27.3 Å². The summed E-state index contributed by atoms with van der Waals surface area (Å²) in [5, 5.41) is 12.2. The molecule has 1 atom stereocenters. The van der Waals surface area contributed by atoms with E-state index in [0.717, 1.165) is 9.05 Å². The van der Waals surface area contributed by atoms with Gasteiger partial charge in [0.05, 0.1) is 0 Å². The molecule has 0 amide bonds. The lowest BCUT2D eigenvalue weighted by Gasteiger charge is -2.11. The van der Waals surface area contributed by atoms with Gasteiger partial charge in [-0.2, -0.15) is 0 Å². The molecule has 15 heavy (non-hydrogen) atoms. The minimum atomic E-state index is 0.488. The van der Waals surface area contributed by atoms with E-state index in [-0.39, 0.29) is 0 Å². The van der Waals surface area contributed by atoms with Crippen molar-refractivity contribution in [3.05, 3.63) is 3.92 Å². The fourth-order valence-corrected chi connectivity index (χ4v) is 2.55. The van der Waals surface area contributed by atoms with Crippen LogP contribution in [0.25, 0.3) is 0 Å². The van der Waals surface area contributed by atoms with Crippen molar-refractivity contribution in [3.8, 4) is 0 Å². The molecule has 1 unspecified atom stereocenters. The number of nitrogens with one attached hydrogen (secondary N) is 1. The zero-order valence-electron chi connectivity index (χ0n) is 9.29. The normalized spacial score (nSPS) is 12.7. The average molecular weight is 292 g/mol. The van der Waals surface area contributed by atoms with Crippen molar-refractivity contribution in [1.29, 1.82) is 0 Å². The molecule has 0 saturated carbocycles. The van der Waals surface area contributed by atoms with Crippen LogP contribution in [0.2, 0.25) is 0 Å². The third-order valence-corrected chi connectivity index (χ3v) is 3.55. The molecule has 1 rings (SSSR count). The van der Waals surface area contributed by atoms with E-state index < -0.39 is 0 Å². The van der Waals surface area contributed by atoms with Crippen LogP contribution in [0.1, 0.15) is 46.0 Å². The van der Waals surface area contributed by atoms with Crippen molar-refractivity contribution in [2.45, 2.75) is 52.0 Å². The molecule has 3 nitrogen and oxygen atoms in total. The topological polar surface area (TPSA) is 37.8 Å². The summed E-state index contributed by atoms with van der Waals surface area (Å²) in [6.07, 6.45) is 6.48. The number of unbranched alkanes of at least 4 members (excludes halogenated alkanes) is 3. The summed E-state index contributed by atoms with van der Waals surface area (Å²) in [4.78, 5) is 0. The van der Waals surface area contributed by atoms with Crippen molar-refractivity contribution in [1.82, 2.24) is 10.2 Å². The minimum Gasteiger partial charge on any atom is -0.358 e. The van der Waals surface area contributed by atoms with Crippen LogP contribution in [-0.4, -0.2) is 16.2 Å². The molecule has 0 aliphatic rings. The predicted octanol–water partition coefficient (Wildman–Crippen LogP) is 4.07. The third kappa shape index (κ3) is 5.47. The van der Waals surface area contributed by atoms with Crippen LogP contribution in [0.15, 0.2) is 3.92 Å². The maximum atomic E-state index is 4.01. The Balaban J connectivity index is 2.15. The molecule has 1 N–H and O–H groups in total. The lowest BCUT2D eigenvalue weighted by molar-refractivity contribution is 0.593. The molecule has 1 aromatic heterocycles. The fourth-order valence-electron chi connectivity index (χ4n) is 1.42. The van der Waals surface area contributed by atoms with Gasteiger partial charge in [-0.15, -0.1) is 10.2 Å². The van der Waals surface area contributed by atoms with E-state index >= 15 is 0 Å². The molecule has 0 aromatic carbocycles. The lowest BCUT2D eigenvalue weighted by Crippen LogP contribution is -2.14. The van der Waals surface area contributed by atoms with Crippen LogP contribution in [0.3, 0.4) is 0 Å². The Labute approximate surface area is 104 Å². The van der Waals surface area contributed by atoms with Gasteiger partial charge in [-0.05, 0) is 29.3 Å². The number of anilines is 1. The van der Waals surface area contributed by atoms with E-state index in [1.165, 1.54) is 32.1 Å². The van der Waals surface area contributed by atoms with E-state index in [1.807, 2.05) is 0 Å². The highest BCUT2D eigenvalue weighted by Crippen LogP contribution is 2.21. The summed E-state index contributed by atoms with van der Waals surface area (Å²) < 4.78 is 0.836. The van der Waals surface area contributed by atoms with Gasteiger partial charge in [0.1, 0.15) is 0 Å². The average Bonchev–Trinajstić information content (AvgIpc) is 2.59. The molecule has 1 heterocycles. The maximum absolute atomic E-state index is 4.01. The highest BCUT2D eigenvalue weighted by atomic mass is 79.9. The second-order valence-corrected chi connectivity index (χ2v) is 6.01. The second-order valence-electron chi connectivity index (χ2n) is 3.75. The number of hydrogen-bond acceptors (Lipinski definition) is 4. The molecule has 0 aliphatic carbocycles. The summed E-state index contributed by atoms with van der Waals surface area (Å²) in [5.74, 6) is 0. The molecule has 0 aliphatic heterocycles. The summed E-state index contributed by atoms with van der Waals surface area (Å²) >= 11 is 4.84. The Bertz CT molecular complexity index is 277. The van der Waals surface area contributed by atoms with Gasteiger partial charge in [-0.25, -0.2) is 0 Å². The monoisotopic (exact) mass is 291 g/mol. The van der Waals surface area contributed by atoms with Crippen molar-refractivity contribution in [2.75, 3.05) is 5.32 Å². The van der Waals surface area contributed by atoms with Crippen LogP contribution in [0, 0.1) is 0 Å². The van der Waals surface area contributed by atoms with Crippen LogP contribution in [0.5, 0.6) is 0 Å². The number of hydrogen-bond donors (Lipinski definition) is 1. The van der Waals surface area contributed by atoms with Gasteiger partial charge in [0.25, 0.3) is 0 Å². The number of nitrogens with zero attached hydrogens (tertiary/aromatic N) is 2. The molecule has 1 aromatic rings. The zero-order chi connectivity index (χ0) is 11.1. The van der Waals surface area contributed by atoms with Crippen LogP contribution in [-0.2, 0) is 0 Å². The van der Waals surface area contributed by atoms with E-state index in [2.05, 4.69) is 45.3 Å². The van der Waals surface area contributed by atoms with E-state index in [1.54, 1.807) is 11.3 Å². The van der Waals surface area contributed by atoms with Gasteiger partial charge < -0.3 is 5.32 Å². The zero-order valence-corrected chi connectivity index (χ0v) is 11.7. The predicted molar refractivity (Wildman–Crippen MR) is 69.5 cm³/mol. The van der Waals surface area contributed by atoms with E-state index in [4.69, 9.17) is 0 Å². The first-order valence-electron chi connectivity index (χ1n) is 5.48. The van der Waals surface area contributed by atoms with Gasteiger partial charge in [0.2, 0.25) is 5.13 Å². The van der Waals surface area contributed by atoms with Crippen LogP contribution < -0.4 is 5.32 Å². The molecular formula is C10H18BrN3S. The summed E-state index contributed by atoms with van der Waals surface area (Å²) in [6, 6.07) is 0.488. The largest absolute Gasteiger partial charge is 0.358 e. The van der Waals surface area contributed by atoms with Crippen molar-refractivity contribution < 1.29 is 0 Å². The second kappa shape index (κ2) is 7.17. The maximum Gasteiger partial charge on any atom is 0.206 e. The smallest absolute Gasteiger partial charge is 0.206 e. The lowest BCUT2D eigenvalue weighted by atomic mass is 10.1. The summed E-state index contributed by atoms with van der Waals surface area (Å²) in [5.41, 5.74) is 0. The molecule has 0 bridgehead atoms. The Morgan fingerprint density at radius 1 is 1.33 bits per heavy atom. The molecule has 86 valence electrons. The first kappa shape index (κ1) is 12.9. The first-order chi connectivity index (χ1) is 7.22. The van der Waals surface area contributed by atoms with Crippen molar-refractivity contribution >= 4 is 32.4 Å². The molecule has 0 spiro atoms. The number of aromatic nitrogens is 2. The van der Waals surface area contributed by atoms with E-state index in [9.17, 15) is 0 Å². The highest BCUT2D eigenvalue weighted by molar-refractivity contribution is 9.11. The Morgan fingerprint density at radius 3 is 2.73 bits per heavy atom. The van der Waals surface area contributed by atoms with Gasteiger partial charge in [0, 0.05) is 6.04 Å². The van der Waals surface area contributed by atoms with E-state index in [0.29, 0.717) is 6.04 Å². The number of halogens is 1. The molecular weight excluding hydrogens is 274 g/mol. The summed E-state index contributed by atoms with van der Waals surface area (Å²) in [7, 11) is 0. The molecule has 0 radical (unpaired) electrons. The van der Waals surface area contributed by atoms with Gasteiger partial charge in [-0.3, -0.25) is 0 Å².